The SMILES string of the molecule is c1ccc(C(c2ccccc2)c2cccc(-c3n[nH]c(-c4ccc5c(c4)c(-c4ccc6cc(OCCN7CCCCC7)ccc6c4)nn5C4CCCCO4)n3)c2)cc1. The molecule has 10 rings (SSSR count). The molecule has 0 bridgehead atoms. The summed E-state index contributed by atoms with van der Waals surface area (Å²) >= 11 is 0. The van der Waals surface area contributed by atoms with Crippen LogP contribution in [-0.2, 0) is 4.74 Å². The molecule has 2 fully saturated rings. The van der Waals surface area contributed by atoms with Crippen molar-refractivity contribution in [2.24, 2.45) is 0 Å². The Labute approximate surface area is 339 Å². The number of H-pyrrole nitrogens is 1. The van der Waals surface area contributed by atoms with Crippen LogP contribution in [0.25, 0.3) is 55.7 Å². The Bertz CT molecular complexity index is 2600. The molecular weight excluding hydrogens is 717 g/mol. The fraction of sp³-hybridized carbons (Fsp3) is 0.260. The van der Waals surface area contributed by atoms with Crippen LogP contribution < -0.4 is 4.74 Å². The second-order valence-corrected chi connectivity index (χ2v) is 15.7. The van der Waals surface area contributed by atoms with Gasteiger partial charge in [-0.3, -0.25) is 10.00 Å². The van der Waals surface area contributed by atoms with Gasteiger partial charge in [-0.15, -0.1) is 0 Å². The lowest BCUT2D eigenvalue weighted by Crippen LogP contribution is -2.33. The maximum atomic E-state index is 6.28. The Hall–Kier alpha value is -6.09. The number of rotatable bonds is 11. The summed E-state index contributed by atoms with van der Waals surface area (Å²) in [5, 5.41) is 16.6. The van der Waals surface area contributed by atoms with Gasteiger partial charge in [-0.25, -0.2) is 9.67 Å². The number of ether oxygens (including phenoxy) is 2. The van der Waals surface area contributed by atoms with Gasteiger partial charge in [-0.05, 0) is 115 Å². The number of likely N-dealkylation sites (tertiary alicyclic amines) is 1. The zero-order chi connectivity index (χ0) is 38.7. The third-order valence-corrected chi connectivity index (χ3v) is 11.8. The maximum absolute atomic E-state index is 6.28. The maximum Gasteiger partial charge on any atom is 0.181 e. The average molecular weight is 765 g/mol. The minimum atomic E-state index is -0.0966. The van der Waals surface area contributed by atoms with Crippen LogP contribution in [-0.4, -0.2) is 62.7 Å². The highest BCUT2D eigenvalue weighted by atomic mass is 16.5. The van der Waals surface area contributed by atoms with Gasteiger partial charge >= 0.3 is 0 Å². The van der Waals surface area contributed by atoms with E-state index in [1.165, 1.54) is 49.0 Å². The van der Waals surface area contributed by atoms with Gasteiger partial charge in [0.25, 0.3) is 0 Å². The van der Waals surface area contributed by atoms with E-state index >= 15 is 0 Å². The first-order valence-electron chi connectivity index (χ1n) is 20.9. The van der Waals surface area contributed by atoms with E-state index in [0.29, 0.717) is 18.3 Å². The van der Waals surface area contributed by atoms with Crippen molar-refractivity contribution in [1.82, 2.24) is 29.9 Å². The molecule has 0 radical (unpaired) electrons. The molecule has 0 saturated carbocycles. The summed E-state index contributed by atoms with van der Waals surface area (Å²) in [5.41, 5.74) is 8.63. The van der Waals surface area contributed by atoms with Crippen LogP contribution >= 0.6 is 0 Å². The van der Waals surface area contributed by atoms with Crippen LogP contribution in [0.15, 0.2) is 140 Å². The second kappa shape index (κ2) is 16.4. The molecule has 0 amide bonds. The summed E-state index contributed by atoms with van der Waals surface area (Å²) in [4.78, 5) is 7.58. The normalized spacial score (nSPS) is 16.3. The molecule has 6 aromatic carbocycles. The van der Waals surface area contributed by atoms with Gasteiger partial charge in [-0.2, -0.15) is 10.2 Å². The lowest BCUT2D eigenvalue weighted by atomic mass is 9.84. The number of fused-ring (bicyclic) bond motifs is 2. The van der Waals surface area contributed by atoms with E-state index < -0.39 is 0 Å². The van der Waals surface area contributed by atoms with E-state index in [1.807, 2.05) is 0 Å². The quantitative estimate of drug-likeness (QED) is 0.132. The Morgan fingerprint density at radius 3 is 2.22 bits per heavy atom. The summed E-state index contributed by atoms with van der Waals surface area (Å²) in [6, 6.07) is 49.4. The third kappa shape index (κ3) is 7.53. The number of aromatic nitrogens is 5. The molecule has 1 atom stereocenters. The fourth-order valence-corrected chi connectivity index (χ4v) is 8.82. The summed E-state index contributed by atoms with van der Waals surface area (Å²) in [6.45, 7) is 4.80. The Kier molecular flexibility index (Phi) is 10.3. The molecule has 8 aromatic rings. The van der Waals surface area contributed by atoms with Crippen molar-refractivity contribution in [3.05, 3.63) is 156 Å². The monoisotopic (exact) mass is 764 g/mol. The molecule has 2 aromatic heterocycles. The standard InChI is InChI=1S/C50H48N6O2/c1-4-13-35(14-5-1)47(36-15-6-2-7-16-36)39-17-12-18-41(32-39)49-51-50(53-52-49)42-23-25-45-44(34-42)48(54-56(45)46-19-8-11-29-58-46)40-21-20-38-33-43(24-22-37(38)31-40)57-30-28-55-26-9-3-10-27-55/h1-2,4-7,12-18,20-25,31-34,46-47H,3,8-11,19,26-30H2,(H,51,52,53). The molecular formula is C50H48N6O2. The number of nitrogens with one attached hydrogen (secondary N) is 1. The average Bonchev–Trinajstić information content (AvgIpc) is 3.94. The molecule has 2 aliphatic rings. The van der Waals surface area contributed by atoms with E-state index in [0.717, 1.165) is 82.2 Å². The number of nitrogens with zero attached hydrogens (tertiary/aromatic N) is 5. The highest BCUT2D eigenvalue weighted by Gasteiger charge is 2.23. The molecule has 2 saturated heterocycles. The lowest BCUT2D eigenvalue weighted by Gasteiger charge is -2.26. The van der Waals surface area contributed by atoms with Crippen LogP contribution in [0.4, 0.5) is 0 Å². The van der Waals surface area contributed by atoms with Gasteiger partial charge in [0, 0.05) is 41.1 Å². The number of benzene rings is 6. The Morgan fingerprint density at radius 1 is 0.672 bits per heavy atom. The van der Waals surface area contributed by atoms with Crippen molar-refractivity contribution in [2.75, 3.05) is 32.8 Å². The van der Waals surface area contributed by atoms with E-state index in [-0.39, 0.29) is 12.1 Å². The first-order chi connectivity index (χ1) is 28.7. The molecule has 58 heavy (non-hydrogen) atoms. The van der Waals surface area contributed by atoms with Gasteiger partial charge in [-0.1, -0.05) is 103 Å². The largest absolute Gasteiger partial charge is 0.492 e. The molecule has 0 aliphatic carbocycles. The van der Waals surface area contributed by atoms with Crippen molar-refractivity contribution in [3.63, 3.8) is 0 Å². The molecule has 1 unspecified atom stereocenters. The van der Waals surface area contributed by atoms with Crippen LogP contribution in [0, 0.1) is 0 Å². The minimum absolute atomic E-state index is 0.0890. The molecule has 2 aliphatic heterocycles. The summed E-state index contributed by atoms with van der Waals surface area (Å²) < 4.78 is 14.6. The molecule has 8 nitrogen and oxygen atoms in total. The zero-order valence-corrected chi connectivity index (χ0v) is 32.8. The molecule has 8 heteroatoms. The van der Waals surface area contributed by atoms with Gasteiger partial charge < -0.3 is 9.47 Å². The van der Waals surface area contributed by atoms with E-state index in [4.69, 9.17) is 24.7 Å². The zero-order valence-electron chi connectivity index (χ0n) is 32.8. The number of piperidine rings is 1. The molecule has 0 spiro atoms. The lowest BCUT2D eigenvalue weighted by molar-refractivity contribution is -0.0365. The van der Waals surface area contributed by atoms with Crippen molar-refractivity contribution >= 4 is 21.7 Å². The van der Waals surface area contributed by atoms with Crippen molar-refractivity contribution in [1.29, 1.82) is 0 Å². The molecule has 1 N–H and O–H groups in total. The Balaban J connectivity index is 0.962. The fourth-order valence-electron chi connectivity index (χ4n) is 8.82. The van der Waals surface area contributed by atoms with Crippen molar-refractivity contribution in [2.45, 2.75) is 50.7 Å². The predicted octanol–water partition coefficient (Wildman–Crippen LogP) is 11.1. The highest BCUT2D eigenvalue weighted by Crippen LogP contribution is 2.38. The van der Waals surface area contributed by atoms with Gasteiger partial charge in [0.1, 0.15) is 18.1 Å². The smallest absolute Gasteiger partial charge is 0.181 e. The van der Waals surface area contributed by atoms with E-state index in [9.17, 15) is 0 Å². The number of aromatic amines is 1. The van der Waals surface area contributed by atoms with Crippen LogP contribution in [0.2, 0.25) is 0 Å². The number of hydrogen-bond acceptors (Lipinski definition) is 6. The molecule has 4 heterocycles. The van der Waals surface area contributed by atoms with Gasteiger partial charge in [0.05, 0.1) is 5.52 Å². The first-order valence-corrected chi connectivity index (χ1v) is 20.9. The third-order valence-electron chi connectivity index (χ3n) is 11.8. The van der Waals surface area contributed by atoms with Crippen molar-refractivity contribution in [3.8, 4) is 39.8 Å². The second-order valence-electron chi connectivity index (χ2n) is 15.7. The van der Waals surface area contributed by atoms with Crippen LogP contribution in [0.3, 0.4) is 0 Å². The van der Waals surface area contributed by atoms with Gasteiger partial charge in [0.15, 0.2) is 17.9 Å². The summed E-state index contributed by atoms with van der Waals surface area (Å²) in [7, 11) is 0. The predicted molar refractivity (Wildman–Crippen MR) is 232 cm³/mol. The van der Waals surface area contributed by atoms with E-state index in [1.54, 1.807) is 0 Å². The van der Waals surface area contributed by atoms with Gasteiger partial charge in [0.2, 0.25) is 0 Å². The van der Waals surface area contributed by atoms with Crippen LogP contribution in [0.1, 0.15) is 67.4 Å². The van der Waals surface area contributed by atoms with E-state index in [2.05, 4.69) is 154 Å². The highest BCUT2D eigenvalue weighted by molar-refractivity contribution is 5.98. The minimum Gasteiger partial charge on any atom is -0.492 e. The molecule has 290 valence electrons. The van der Waals surface area contributed by atoms with Crippen LogP contribution in [0.5, 0.6) is 5.75 Å². The first kappa shape index (κ1) is 36.3. The topological polar surface area (TPSA) is 81.1 Å². The summed E-state index contributed by atoms with van der Waals surface area (Å²) in [5.74, 6) is 2.37. The van der Waals surface area contributed by atoms with Crippen molar-refractivity contribution < 1.29 is 9.47 Å². The Morgan fingerprint density at radius 2 is 1.43 bits per heavy atom. The summed E-state index contributed by atoms with van der Waals surface area (Å²) in [6.07, 6.45) is 6.98. The number of hydrogen-bond donors (Lipinski definition) is 1.